The third-order valence-electron chi connectivity index (χ3n) is 3.68. The maximum Gasteiger partial charge on any atom is 0.269 e. The first-order valence-corrected chi connectivity index (χ1v) is 7.08. The summed E-state index contributed by atoms with van der Waals surface area (Å²) < 4.78 is 2.14. The zero-order chi connectivity index (χ0) is 15.5. The van der Waals surface area contributed by atoms with Crippen LogP contribution in [0.15, 0.2) is 67.0 Å². The molecule has 110 valence electrons. The van der Waals surface area contributed by atoms with Crippen LogP contribution in [0, 0.1) is 17.0 Å². The van der Waals surface area contributed by atoms with Gasteiger partial charge in [0, 0.05) is 36.6 Å². The van der Waals surface area contributed by atoms with Crippen LogP contribution in [-0.4, -0.2) is 9.49 Å². The minimum atomic E-state index is -0.378. The normalized spacial score (nSPS) is 10.6. The van der Waals surface area contributed by atoms with E-state index in [0.29, 0.717) is 0 Å². The van der Waals surface area contributed by atoms with E-state index in [1.54, 1.807) is 24.3 Å². The number of nitrogens with zero attached hydrogens (tertiary/aromatic N) is 2. The Balaban J connectivity index is 1.87. The first kappa shape index (κ1) is 14.1. The molecule has 0 saturated heterocycles. The van der Waals surface area contributed by atoms with Gasteiger partial charge >= 0.3 is 0 Å². The summed E-state index contributed by atoms with van der Waals surface area (Å²) in [6.45, 7) is 2.87. The third-order valence-corrected chi connectivity index (χ3v) is 3.68. The lowest BCUT2D eigenvalue weighted by molar-refractivity contribution is -0.384. The molecule has 0 radical (unpaired) electrons. The van der Waals surface area contributed by atoms with Crippen molar-refractivity contribution >= 4 is 5.69 Å². The Morgan fingerprint density at radius 2 is 1.68 bits per heavy atom. The van der Waals surface area contributed by atoms with Crippen LogP contribution in [0.4, 0.5) is 5.69 Å². The minimum absolute atomic E-state index is 0.116. The Morgan fingerprint density at radius 3 is 2.32 bits per heavy atom. The highest BCUT2D eigenvalue weighted by atomic mass is 16.6. The number of nitro benzene ring substituents is 1. The van der Waals surface area contributed by atoms with Gasteiger partial charge in [-0.1, -0.05) is 30.3 Å². The predicted molar refractivity (Wildman–Crippen MR) is 86.8 cm³/mol. The molecule has 0 bridgehead atoms. The number of aryl methyl sites for hydroxylation is 1. The fourth-order valence-electron chi connectivity index (χ4n) is 2.57. The summed E-state index contributed by atoms with van der Waals surface area (Å²) in [5.41, 5.74) is 4.61. The topological polar surface area (TPSA) is 48.1 Å². The summed E-state index contributed by atoms with van der Waals surface area (Å²) in [5, 5.41) is 10.7. The zero-order valence-corrected chi connectivity index (χ0v) is 12.3. The summed E-state index contributed by atoms with van der Waals surface area (Å²) >= 11 is 0. The van der Waals surface area contributed by atoms with Gasteiger partial charge in [0.25, 0.3) is 5.69 Å². The first-order chi connectivity index (χ1) is 10.6. The molecule has 0 aliphatic heterocycles. The monoisotopic (exact) mass is 292 g/mol. The van der Waals surface area contributed by atoms with Crippen molar-refractivity contribution in [1.29, 1.82) is 0 Å². The molecule has 4 nitrogen and oxygen atoms in total. The molecule has 3 aromatic rings. The summed E-state index contributed by atoms with van der Waals surface area (Å²) in [5.74, 6) is 0. The first-order valence-electron chi connectivity index (χ1n) is 7.08. The molecule has 2 aromatic carbocycles. The Labute approximate surface area is 128 Å². The van der Waals surface area contributed by atoms with E-state index in [1.807, 2.05) is 18.2 Å². The Bertz CT molecular complexity index is 790. The Morgan fingerprint density at radius 1 is 1.00 bits per heavy atom. The van der Waals surface area contributed by atoms with Crippen molar-refractivity contribution in [3.8, 4) is 11.1 Å². The van der Waals surface area contributed by atoms with Crippen LogP contribution in [0.5, 0.6) is 0 Å². The number of nitro groups is 1. The number of non-ortho nitro benzene ring substituents is 1. The molecule has 0 aliphatic rings. The highest BCUT2D eigenvalue weighted by Gasteiger charge is 2.09. The quantitative estimate of drug-likeness (QED) is 0.528. The molecule has 22 heavy (non-hydrogen) atoms. The van der Waals surface area contributed by atoms with Gasteiger partial charge in [-0.3, -0.25) is 10.1 Å². The van der Waals surface area contributed by atoms with Crippen LogP contribution in [0.3, 0.4) is 0 Å². The van der Waals surface area contributed by atoms with Gasteiger partial charge in [0.1, 0.15) is 0 Å². The minimum Gasteiger partial charge on any atom is -0.349 e. The molecule has 0 amide bonds. The number of hydrogen-bond donors (Lipinski definition) is 0. The number of benzene rings is 2. The lowest BCUT2D eigenvalue weighted by atomic mass is 10.1. The standard InChI is InChI=1S/C18H16N2O2/c1-14-11-19(12-15-5-3-2-4-6-15)13-18(14)16-7-9-17(10-8-16)20(21)22/h2-11,13H,12H2,1H3. The van der Waals surface area contributed by atoms with E-state index in [1.165, 1.54) is 5.56 Å². The molecule has 4 heteroatoms. The van der Waals surface area contributed by atoms with Gasteiger partial charge in [0.05, 0.1) is 4.92 Å². The molecule has 3 rings (SSSR count). The maximum absolute atomic E-state index is 10.7. The van der Waals surface area contributed by atoms with Crippen LogP contribution < -0.4 is 0 Å². The summed E-state index contributed by atoms with van der Waals surface area (Å²) in [6.07, 6.45) is 4.19. The smallest absolute Gasteiger partial charge is 0.269 e. The van der Waals surface area contributed by atoms with E-state index in [-0.39, 0.29) is 10.6 Å². The van der Waals surface area contributed by atoms with Crippen molar-refractivity contribution < 1.29 is 4.92 Å². The molecule has 0 atom stereocenters. The van der Waals surface area contributed by atoms with Crippen molar-refractivity contribution in [2.24, 2.45) is 0 Å². The Kier molecular flexibility index (Phi) is 3.74. The second kappa shape index (κ2) is 5.85. The molecule has 0 fully saturated rings. The summed E-state index contributed by atoms with van der Waals surface area (Å²) in [7, 11) is 0. The second-order valence-electron chi connectivity index (χ2n) is 5.32. The van der Waals surface area contributed by atoms with Crippen LogP contribution in [0.2, 0.25) is 0 Å². The molecule has 1 aromatic heterocycles. The van der Waals surface area contributed by atoms with Gasteiger partial charge in [-0.25, -0.2) is 0 Å². The van der Waals surface area contributed by atoms with Gasteiger partial charge in [-0.2, -0.15) is 0 Å². The van der Waals surface area contributed by atoms with E-state index >= 15 is 0 Å². The van der Waals surface area contributed by atoms with Gasteiger partial charge in [-0.15, -0.1) is 0 Å². The average Bonchev–Trinajstić information content (AvgIpc) is 2.89. The molecule has 0 saturated carbocycles. The van der Waals surface area contributed by atoms with Crippen molar-refractivity contribution in [3.05, 3.63) is 88.2 Å². The average molecular weight is 292 g/mol. The molecule has 1 heterocycles. The second-order valence-corrected chi connectivity index (χ2v) is 5.32. The van der Waals surface area contributed by atoms with E-state index < -0.39 is 0 Å². The van der Waals surface area contributed by atoms with Crippen LogP contribution in [-0.2, 0) is 6.54 Å². The number of rotatable bonds is 4. The predicted octanol–water partition coefficient (Wildman–Crippen LogP) is 4.42. The highest BCUT2D eigenvalue weighted by Crippen LogP contribution is 2.26. The summed E-state index contributed by atoms with van der Waals surface area (Å²) in [6, 6.07) is 17.0. The SMILES string of the molecule is Cc1cn(Cc2ccccc2)cc1-c1ccc([N+](=O)[O-])cc1. The van der Waals surface area contributed by atoms with Crippen molar-refractivity contribution in [3.63, 3.8) is 0 Å². The number of aromatic nitrogens is 1. The molecular formula is C18H16N2O2. The van der Waals surface area contributed by atoms with E-state index in [9.17, 15) is 10.1 Å². The highest BCUT2D eigenvalue weighted by molar-refractivity contribution is 5.67. The van der Waals surface area contributed by atoms with E-state index in [0.717, 1.165) is 23.2 Å². The lowest BCUT2D eigenvalue weighted by Gasteiger charge is -2.02. The molecule has 0 unspecified atom stereocenters. The van der Waals surface area contributed by atoms with Crippen molar-refractivity contribution in [2.45, 2.75) is 13.5 Å². The fraction of sp³-hybridized carbons (Fsp3) is 0.111. The molecule has 0 spiro atoms. The fourth-order valence-corrected chi connectivity index (χ4v) is 2.57. The van der Waals surface area contributed by atoms with Gasteiger partial charge in [0.2, 0.25) is 0 Å². The van der Waals surface area contributed by atoms with Gasteiger partial charge in [0.15, 0.2) is 0 Å². The van der Waals surface area contributed by atoms with E-state index in [4.69, 9.17) is 0 Å². The molecule has 0 aliphatic carbocycles. The number of hydrogen-bond acceptors (Lipinski definition) is 2. The summed E-state index contributed by atoms with van der Waals surface area (Å²) in [4.78, 5) is 10.3. The zero-order valence-electron chi connectivity index (χ0n) is 12.3. The maximum atomic E-state index is 10.7. The van der Waals surface area contributed by atoms with Gasteiger partial charge in [-0.05, 0) is 35.7 Å². The molecular weight excluding hydrogens is 276 g/mol. The van der Waals surface area contributed by atoms with Crippen LogP contribution >= 0.6 is 0 Å². The van der Waals surface area contributed by atoms with E-state index in [2.05, 4.69) is 36.0 Å². The van der Waals surface area contributed by atoms with Crippen molar-refractivity contribution in [2.75, 3.05) is 0 Å². The van der Waals surface area contributed by atoms with Crippen LogP contribution in [0.25, 0.3) is 11.1 Å². The Hall–Kier alpha value is -2.88. The van der Waals surface area contributed by atoms with Crippen LogP contribution in [0.1, 0.15) is 11.1 Å². The third kappa shape index (κ3) is 2.91. The van der Waals surface area contributed by atoms with Crippen molar-refractivity contribution in [1.82, 2.24) is 4.57 Å². The van der Waals surface area contributed by atoms with Gasteiger partial charge < -0.3 is 4.57 Å². The molecule has 0 N–H and O–H groups in total. The lowest BCUT2D eigenvalue weighted by Crippen LogP contribution is -1.95. The largest absolute Gasteiger partial charge is 0.349 e.